The minimum absolute atomic E-state index is 0. The van der Waals surface area contributed by atoms with Crippen molar-refractivity contribution in [3.63, 3.8) is 0 Å². The fourth-order valence-electron chi connectivity index (χ4n) is 2.43. The van der Waals surface area contributed by atoms with Gasteiger partial charge in [0.25, 0.3) is 0 Å². The molecule has 1 N–H and O–H groups in total. The molecule has 104 valence electrons. The van der Waals surface area contributed by atoms with Gasteiger partial charge in [-0.3, -0.25) is 4.68 Å². The van der Waals surface area contributed by atoms with Crippen LogP contribution in [0, 0.1) is 5.13 Å². The van der Waals surface area contributed by atoms with E-state index in [0.29, 0.717) is 12.6 Å². The van der Waals surface area contributed by atoms with Crippen molar-refractivity contribution >= 4 is 29.4 Å². The van der Waals surface area contributed by atoms with Crippen molar-refractivity contribution in [3.8, 4) is 0 Å². The van der Waals surface area contributed by atoms with Gasteiger partial charge in [-0.25, -0.2) is 0 Å². The number of hydrogen-bond acceptors (Lipinski definition) is 3. The lowest BCUT2D eigenvalue weighted by atomic mass is 10.3. The Morgan fingerprint density at radius 2 is 2.16 bits per heavy atom. The van der Waals surface area contributed by atoms with Gasteiger partial charge in [0.2, 0.25) is 0 Å². The zero-order valence-corrected chi connectivity index (χ0v) is 12.1. The summed E-state index contributed by atoms with van der Waals surface area (Å²) in [7, 11) is 0. The minimum atomic E-state index is -0.131. The van der Waals surface area contributed by atoms with E-state index in [1.165, 1.54) is 43.1 Å². The Morgan fingerprint density at radius 1 is 1.37 bits per heavy atom. The summed E-state index contributed by atoms with van der Waals surface area (Å²) in [6.07, 6.45) is 8.99. The quantitative estimate of drug-likeness (QED) is 0.915. The van der Waals surface area contributed by atoms with Crippen LogP contribution in [-0.2, 0) is 6.54 Å². The molecule has 0 spiro atoms. The summed E-state index contributed by atoms with van der Waals surface area (Å²) in [5.74, 6) is 0. The normalized spacial score (nSPS) is 15.4. The summed E-state index contributed by atoms with van der Waals surface area (Å²) in [6.45, 7) is 0.658. The van der Waals surface area contributed by atoms with Gasteiger partial charge in [0.15, 0.2) is 5.13 Å². The van der Waals surface area contributed by atoms with E-state index in [4.69, 9.17) is 0 Å². The van der Waals surface area contributed by atoms with Gasteiger partial charge in [0.05, 0.1) is 17.9 Å². The summed E-state index contributed by atoms with van der Waals surface area (Å²) in [6, 6.07) is 3.89. The van der Waals surface area contributed by atoms with Crippen LogP contribution in [0.15, 0.2) is 24.5 Å². The molecule has 3 nitrogen and oxygen atoms in total. The van der Waals surface area contributed by atoms with Gasteiger partial charge in [-0.15, -0.1) is 23.7 Å². The molecule has 0 bridgehead atoms. The van der Waals surface area contributed by atoms with Gasteiger partial charge in [0.1, 0.15) is 0 Å². The molecule has 6 heteroatoms. The molecule has 0 aromatic carbocycles. The molecule has 0 atom stereocenters. The van der Waals surface area contributed by atoms with Gasteiger partial charge in [-0.05, 0) is 25.0 Å². The molecule has 1 fully saturated rings. The Morgan fingerprint density at radius 3 is 2.84 bits per heavy atom. The predicted molar refractivity (Wildman–Crippen MR) is 78.6 cm³/mol. The highest BCUT2D eigenvalue weighted by atomic mass is 35.5. The smallest absolute Gasteiger partial charge is 0.176 e. The molecule has 3 rings (SSSR count). The molecular formula is C13H17ClFN3S. The summed E-state index contributed by atoms with van der Waals surface area (Å²) < 4.78 is 14.9. The Balaban J connectivity index is 0.00000133. The van der Waals surface area contributed by atoms with E-state index in [9.17, 15) is 4.39 Å². The van der Waals surface area contributed by atoms with Gasteiger partial charge >= 0.3 is 0 Å². The number of nitrogens with one attached hydrogen (secondary N) is 1. The number of thiophene rings is 1. The van der Waals surface area contributed by atoms with Gasteiger partial charge in [0, 0.05) is 17.6 Å². The summed E-state index contributed by atoms with van der Waals surface area (Å²) >= 11 is 1.18. The van der Waals surface area contributed by atoms with Crippen LogP contribution in [0.25, 0.3) is 0 Å². The average Bonchev–Trinajstić information content (AvgIpc) is 3.07. The van der Waals surface area contributed by atoms with E-state index in [1.54, 1.807) is 0 Å². The molecule has 2 aromatic heterocycles. The average molecular weight is 302 g/mol. The van der Waals surface area contributed by atoms with E-state index in [-0.39, 0.29) is 17.5 Å². The Kier molecular flexibility index (Phi) is 4.82. The van der Waals surface area contributed by atoms with Gasteiger partial charge < -0.3 is 5.32 Å². The predicted octanol–water partition coefficient (Wildman–Crippen LogP) is 4.23. The van der Waals surface area contributed by atoms with Crippen molar-refractivity contribution in [2.75, 3.05) is 5.32 Å². The summed E-state index contributed by atoms with van der Waals surface area (Å²) in [5, 5.41) is 7.55. The molecule has 0 aliphatic heterocycles. The fourth-order valence-corrected chi connectivity index (χ4v) is 3.10. The summed E-state index contributed by atoms with van der Waals surface area (Å²) in [4.78, 5) is 1.00. The minimum Gasteiger partial charge on any atom is -0.378 e. The lowest BCUT2D eigenvalue weighted by molar-refractivity contribution is 0.467. The van der Waals surface area contributed by atoms with E-state index in [0.717, 1.165) is 10.6 Å². The van der Waals surface area contributed by atoms with Crippen molar-refractivity contribution < 1.29 is 4.39 Å². The first-order chi connectivity index (χ1) is 8.81. The van der Waals surface area contributed by atoms with E-state index >= 15 is 0 Å². The van der Waals surface area contributed by atoms with Crippen molar-refractivity contribution in [2.45, 2.75) is 38.3 Å². The summed E-state index contributed by atoms with van der Waals surface area (Å²) in [5.41, 5.74) is 1.01. The first kappa shape index (κ1) is 14.3. The van der Waals surface area contributed by atoms with E-state index in [1.807, 2.05) is 12.3 Å². The van der Waals surface area contributed by atoms with Crippen LogP contribution in [0.1, 0.15) is 36.6 Å². The van der Waals surface area contributed by atoms with Crippen LogP contribution >= 0.6 is 23.7 Å². The lowest BCUT2D eigenvalue weighted by Gasteiger charge is -2.08. The second kappa shape index (κ2) is 6.39. The van der Waals surface area contributed by atoms with Crippen molar-refractivity contribution in [3.05, 3.63) is 34.5 Å². The first-order valence-corrected chi connectivity index (χ1v) is 7.15. The second-order valence-electron chi connectivity index (χ2n) is 4.71. The Bertz CT molecular complexity index is 519. The van der Waals surface area contributed by atoms with Crippen molar-refractivity contribution in [1.82, 2.24) is 9.78 Å². The number of nitrogens with zero attached hydrogens (tertiary/aromatic N) is 2. The van der Waals surface area contributed by atoms with Crippen LogP contribution in [0.5, 0.6) is 0 Å². The molecule has 0 saturated heterocycles. The van der Waals surface area contributed by atoms with E-state index in [2.05, 4.69) is 21.3 Å². The molecule has 2 aromatic rings. The Labute approximate surface area is 122 Å². The van der Waals surface area contributed by atoms with Crippen LogP contribution in [0.2, 0.25) is 0 Å². The molecule has 2 heterocycles. The third-order valence-corrected chi connectivity index (χ3v) is 4.27. The largest absolute Gasteiger partial charge is 0.378 e. The lowest BCUT2D eigenvalue weighted by Crippen LogP contribution is -2.04. The SMILES string of the molecule is Cl.Fc1ccc(CNc2cnn(C3CCCC3)c2)s1. The molecule has 1 aliphatic carbocycles. The molecule has 1 aliphatic rings. The fraction of sp³-hybridized carbons (Fsp3) is 0.462. The zero-order valence-electron chi connectivity index (χ0n) is 10.5. The molecule has 19 heavy (non-hydrogen) atoms. The van der Waals surface area contributed by atoms with Crippen LogP contribution in [0.3, 0.4) is 0 Å². The van der Waals surface area contributed by atoms with Gasteiger partial charge in [-0.2, -0.15) is 9.49 Å². The zero-order chi connectivity index (χ0) is 12.4. The number of aromatic nitrogens is 2. The first-order valence-electron chi connectivity index (χ1n) is 6.33. The number of hydrogen-bond donors (Lipinski definition) is 1. The molecule has 1 saturated carbocycles. The van der Waals surface area contributed by atoms with E-state index < -0.39 is 0 Å². The van der Waals surface area contributed by atoms with Gasteiger partial charge in [-0.1, -0.05) is 12.8 Å². The standard InChI is InChI=1S/C13H16FN3S.ClH/c14-13-6-5-12(18-13)8-15-10-7-16-17(9-10)11-3-1-2-4-11;/h5-7,9,11,15H,1-4,8H2;1H. The molecule has 0 radical (unpaired) electrons. The topological polar surface area (TPSA) is 29.9 Å². The van der Waals surface area contributed by atoms with Crippen LogP contribution < -0.4 is 5.32 Å². The molecular weight excluding hydrogens is 285 g/mol. The van der Waals surface area contributed by atoms with Crippen LogP contribution in [-0.4, -0.2) is 9.78 Å². The number of rotatable bonds is 4. The Hall–Kier alpha value is -1.07. The van der Waals surface area contributed by atoms with Crippen molar-refractivity contribution in [2.24, 2.45) is 0 Å². The highest BCUT2D eigenvalue weighted by Gasteiger charge is 2.17. The highest BCUT2D eigenvalue weighted by Crippen LogP contribution is 2.29. The monoisotopic (exact) mass is 301 g/mol. The number of anilines is 1. The van der Waals surface area contributed by atoms with Crippen LogP contribution in [0.4, 0.5) is 10.1 Å². The maximum atomic E-state index is 12.8. The molecule has 0 amide bonds. The highest BCUT2D eigenvalue weighted by molar-refractivity contribution is 7.10. The number of halogens is 2. The maximum Gasteiger partial charge on any atom is 0.176 e. The third kappa shape index (κ3) is 3.48. The third-order valence-electron chi connectivity index (χ3n) is 3.40. The maximum absolute atomic E-state index is 12.8. The van der Waals surface area contributed by atoms with Crippen molar-refractivity contribution in [1.29, 1.82) is 0 Å². The molecule has 0 unspecified atom stereocenters. The second-order valence-corrected chi connectivity index (χ2v) is 5.83.